The minimum atomic E-state index is -3.60. The molecule has 1 heterocycles. The molecule has 110 valence electrons. The first-order valence-corrected chi connectivity index (χ1v) is 8.27. The van der Waals surface area contributed by atoms with Crippen molar-refractivity contribution >= 4 is 16.0 Å². The molecular weight excluding hydrogens is 278 g/mol. The van der Waals surface area contributed by atoms with Gasteiger partial charge in [0.2, 0.25) is 10.0 Å². The van der Waals surface area contributed by atoms with Crippen LogP contribution in [0.5, 0.6) is 0 Å². The second-order valence-electron chi connectivity index (χ2n) is 5.34. The van der Waals surface area contributed by atoms with E-state index in [2.05, 4.69) is 0 Å². The van der Waals surface area contributed by atoms with Crippen molar-refractivity contribution in [3.05, 3.63) is 35.9 Å². The first kappa shape index (κ1) is 15.0. The van der Waals surface area contributed by atoms with E-state index in [9.17, 15) is 18.3 Å². The molecule has 0 aliphatic carbocycles. The van der Waals surface area contributed by atoms with Crippen LogP contribution < -0.4 is 0 Å². The normalized spacial score (nSPS) is 24.4. The molecule has 0 amide bonds. The Bertz CT molecular complexity index is 570. The predicted octanol–water partition coefficient (Wildman–Crippen LogP) is 1.70. The van der Waals surface area contributed by atoms with Gasteiger partial charge in [-0.25, -0.2) is 8.42 Å². The molecule has 1 N–H and O–H groups in total. The number of benzene rings is 1. The molecule has 1 saturated heterocycles. The number of rotatable bonds is 4. The van der Waals surface area contributed by atoms with Crippen molar-refractivity contribution in [2.75, 3.05) is 6.54 Å². The summed E-state index contributed by atoms with van der Waals surface area (Å²) in [6.07, 6.45) is 1.08. The van der Waals surface area contributed by atoms with Crippen LogP contribution in [0.3, 0.4) is 0 Å². The molecule has 20 heavy (non-hydrogen) atoms. The van der Waals surface area contributed by atoms with Crippen molar-refractivity contribution in [2.24, 2.45) is 5.92 Å². The molecule has 0 saturated carbocycles. The first-order chi connectivity index (χ1) is 9.40. The number of nitrogens with zero attached hydrogens (tertiary/aromatic N) is 1. The van der Waals surface area contributed by atoms with Gasteiger partial charge in [-0.15, -0.1) is 0 Å². The van der Waals surface area contributed by atoms with Gasteiger partial charge in [0.05, 0.1) is 5.75 Å². The molecule has 0 aromatic heterocycles. The summed E-state index contributed by atoms with van der Waals surface area (Å²) in [7, 11) is -3.60. The number of sulfonamides is 1. The van der Waals surface area contributed by atoms with Gasteiger partial charge >= 0.3 is 5.97 Å². The third kappa shape index (κ3) is 3.37. The predicted molar refractivity (Wildman–Crippen MR) is 75.6 cm³/mol. The summed E-state index contributed by atoms with van der Waals surface area (Å²) in [4.78, 5) is 11.3. The lowest BCUT2D eigenvalue weighted by Crippen LogP contribution is -2.50. The average molecular weight is 297 g/mol. The van der Waals surface area contributed by atoms with E-state index in [1.165, 1.54) is 0 Å². The highest BCUT2D eigenvalue weighted by Crippen LogP contribution is 2.26. The molecule has 1 aromatic carbocycles. The van der Waals surface area contributed by atoms with Gasteiger partial charge in [0, 0.05) is 6.54 Å². The molecule has 0 bridgehead atoms. The van der Waals surface area contributed by atoms with E-state index in [4.69, 9.17) is 0 Å². The zero-order valence-electron chi connectivity index (χ0n) is 11.4. The van der Waals surface area contributed by atoms with Gasteiger partial charge in [-0.2, -0.15) is 4.31 Å². The van der Waals surface area contributed by atoms with Crippen LogP contribution in [0.1, 0.15) is 25.3 Å². The summed E-state index contributed by atoms with van der Waals surface area (Å²) in [5.74, 6) is -0.973. The maximum atomic E-state index is 12.4. The van der Waals surface area contributed by atoms with E-state index < -0.39 is 22.0 Å². The number of carboxylic acids is 1. The fourth-order valence-electron chi connectivity index (χ4n) is 2.54. The third-order valence-electron chi connectivity index (χ3n) is 3.65. The molecule has 1 aliphatic rings. The average Bonchev–Trinajstić information content (AvgIpc) is 2.38. The Balaban J connectivity index is 2.21. The van der Waals surface area contributed by atoms with Crippen molar-refractivity contribution in [1.82, 2.24) is 4.31 Å². The summed E-state index contributed by atoms with van der Waals surface area (Å²) < 4.78 is 26.0. The summed E-state index contributed by atoms with van der Waals surface area (Å²) >= 11 is 0. The molecule has 1 aromatic rings. The van der Waals surface area contributed by atoms with Gasteiger partial charge in [0.1, 0.15) is 6.04 Å². The lowest BCUT2D eigenvalue weighted by molar-refractivity contribution is -0.143. The van der Waals surface area contributed by atoms with Crippen LogP contribution in [-0.4, -0.2) is 36.4 Å². The van der Waals surface area contributed by atoms with E-state index in [1.807, 2.05) is 13.0 Å². The molecule has 5 nitrogen and oxygen atoms in total. The quantitative estimate of drug-likeness (QED) is 0.918. The van der Waals surface area contributed by atoms with Gasteiger partial charge in [-0.1, -0.05) is 37.3 Å². The Kier molecular flexibility index (Phi) is 4.45. The lowest BCUT2D eigenvalue weighted by atomic mass is 9.94. The van der Waals surface area contributed by atoms with Gasteiger partial charge in [0.25, 0.3) is 0 Å². The summed E-state index contributed by atoms with van der Waals surface area (Å²) in [5.41, 5.74) is 0.676. The van der Waals surface area contributed by atoms with Crippen molar-refractivity contribution < 1.29 is 18.3 Å². The van der Waals surface area contributed by atoms with Gasteiger partial charge in [0.15, 0.2) is 0 Å². The number of carboxylic acid groups (broad SMARTS) is 1. The van der Waals surface area contributed by atoms with Crippen LogP contribution in [0.15, 0.2) is 30.3 Å². The van der Waals surface area contributed by atoms with E-state index in [0.717, 1.165) is 4.31 Å². The van der Waals surface area contributed by atoms with Gasteiger partial charge < -0.3 is 5.11 Å². The van der Waals surface area contributed by atoms with Gasteiger partial charge in [-0.3, -0.25) is 4.79 Å². The van der Waals surface area contributed by atoms with Gasteiger partial charge in [-0.05, 0) is 24.3 Å². The van der Waals surface area contributed by atoms with Crippen LogP contribution >= 0.6 is 0 Å². The first-order valence-electron chi connectivity index (χ1n) is 6.66. The number of hydrogen-bond acceptors (Lipinski definition) is 3. The van der Waals surface area contributed by atoms with Crippen LogP contribution in [0.2, 0.25) is 0 Å². The fraction of sp³-hybridized carbons (Fsp3) is 0.500. The SMILES string of the molecule is CC1CCN(S(=O)(=O)Cc2ccccc2)C(C(=O)O)C1. The molecule has 2 atom stereocenters. The zero-order valence-corrected chi connectivity index (χ0v) is 12.2. The molecule has 1 aliphatic heterocycles. The molecular formula is C14H19NO4S. The highest BCUT2D eigenvalue weighted by molar-refractivity contribution is 7.88. The van der Waals surface area contributed by atoms with Crippen LogP contribution in [0.4, 0.5) is 0 Å². The Labute approximate surface area is 119 Å². The highest BCUT2D eigenvalue weighted by Gasteiger charge is 2.38. The fourth-order valence-corrected chi connectivity index (χ4v) is 4.27. The number of aliphatic carboxylic acids is 1. The molecule has 1 fully saturated rings. The Morgan fingerprint density at radius 3 is 2.60 bits per heavy atom. The Hall–Kier alpha value is -1.40. The van der Waals surface area contributed by atoms with Crippen LogP contribution in [0, 0.1) is 5.92 Å². The second-order valence-corrected chi connectivity index (χ2v) is 7.26. The summed E-state index contributed by atoms with van der Waals surface area (Å²) in [6.45, 7) is 2.24. The molecule has 6 heteroatoms. The third-order valence-corrected chi connectivity index (χ3v) is 5.50. The van der Waals surface area contributed by atoms with Crippen LogP contribution in [-0.2, 0) is 20.6 Å². The van der Waals surface area contributed by atoms with E-state index in [-0.39, 0.29) is 18.2 Å². The van der Waals surface area contributed by atoms with Crippen molar-refractivity contribution in [3.63, 3.8) is 0 Å². The number of carbonyl (C=O) groups is 1. The minimum absolute atomic E-state index is 0.147. The number of hydrogen-bond donors (Lipinski definition) is 1. The highest BCUT2D eigenvalue weighted by atomic mass is 32.2. The smallest absolute Gasteiger partial charge is 0.322 e. The Morgan fingerprint density at radius 1 is 1.35 bits per heavy atom. The largest absolute Gasteiger partial charge is 0.480 e. The van der Waals surface area contributed by atoms with E-state index >= 15 is 0 Å². The van der Waals surface area contributed by atoms with Crippen molar-refractivity contribution in [3.8, 4) is 0 Å². The maximum absolute atomic E-state index is 12.4. The molecule has 0 spiro atoms. The Morgan fingerprint density at radius 2 is 2.00 bits per heavy atom. The molecule has 2 unspecified atom stereocenters. The van der Waals surface area contributed by atoms with Crippen molar-refractivity contribution in [2.45, 2.75) is 31.6 Å². The topological polar surface area (TPSA) is 74.7 Å². The monoisotopic (exact) mass is 297 g/mol. The van der Waals surface area contributed by atoms with Crippen molar-refractivity contribution in [1.29, 1.82) is 0 Å². The minimum Gasteiger partial charge on any atom is -0.480 e. The van der Waals surface area contributed by atoms with E-state index in [0.29, 0.717) is 18.4 Å². The summed E-state index contributed by atoms with van der Waals surface area (Å²) in [6, 6.07) is 7.90. The van der Waals surface area contributed by atoms with E-state index in [1.54, 1.807) is 24.3 Å². The molecule has 0 radical (unpaired) electrons. The van der Waals surface area contributed by atoms with Crippen LogP contribution in [0.25, 0.3) is 0 Å². The molecule has 2 rings (SSSR count). The maximum Gasteiger partial charge on any atom is 0.322 e. The lowest BCUT2D eigenvalue weighted by Gasteiger charge is -2.34. The summed E-state index contributed by atoms with van der Waals surface area (Å²) in [5, 5.41) is 9.25. The zero-order chi connectivity index (χ0) is 14.8. The number of piperidine rings is 1. The standard InChI is InChI=1S/C14H19NO4S/c1-11-7-8-15(13(9-11)14(16)17)20(18,19)10-12-5-3-2-4-6-12/h2-6,11,13H,7-10H2,1H3,(H,16,17). The second kappa shape index (κ2) is 5.93.